The van der Waals surface area contributed by atoms with E-state index in [2.05, 4.69) is 0 Å². The first-order chi connectivity index (χ1) is 11.5. The van der Waals surface area contributed by atoms with Gasteiger partial charge in [-0.1, -0.05) is 47.5 Å². The maximum absolute atomic E-state index is 13.8. The number of hydrogen-bond acceptors (Lipinski definition) is 2. The zero-order valence-corrected chi connectivity index (χ0v) is 14.2. The molecule has 1 aliphatic heterocycles. The molecule has 0 aliphatic carbocycles. The van der Waals surface area contributed by atoms with E-state index in [1.54, 1.807) is 36.4 Å². The zero-order chi connectivity index (χ0) is 17.3. The minimum Gasteiger partial charge on any atom is -0.399 e. The van der Waals surface area contributed by atoms with Crippen LogP contribution in [-0.4, -0.2) is 12.5 Å². The molecule has 0 unspecified atom stereocenters. The van der Waals surface area contributed by atoms with Crippen molar-refractivity contribution in [1.29, 1.82) is 0 Å². The highest BCUT2D eigenvalue weighted by Gasteiger charge is 2.26. The van der Waals surface area contributed by atoms with Gasteiger partial charge in [0.1, 0.15) is 5.82 Å². The summed E-state index contributed by atoms with van der Waals surface area (Å²) < 4.78 is 13.8. The van der Waals surface area contributed by atoms with Gasteiger partial charge in [0.05, 0.1) is 15.7 Å². The first-order valence-electron chi connectivity index (χ1n) is 7.44. The molecule has 0 atom stereocenters. The van der Waals surface area contributed by atoms with Crippen molar-refractivity contribution in [3.05, 3.63) is 63.4 Å². The Morgan fingerprint density at radius 3 is 2.46 bits per heavy atom. The van der Waals surface area contributed by atoms with Crippen molar-refractivity contribution >= 4 is 46.6 Å². The number of benzene rings is 2. The van der Waals surface area contributed by atoms with Crippen LogP contribution in [-0.2, 0) is 4.79 Å². The Morgan fingerprint density at radius 2 is 1.79 bits per heavy atom. The van der Waals surface area contributed by atoms with Gasteiger partial charge in [0, 0.05) is 24.2 Å². The van der Waals surface area contributed by atoms with E-state index in [1.165, 1.54) is 11.0 Å². The lowest BCUT2D eigenvalue weighted by Crippen LogP contribution is -2.37. The summed E-state index contributed by atoms with van der Waals surface area (Å²) in [6.07, 6.45) is 2.67. The topological polar surface area (TPSA) is 46.3 Å². The van der Waals surface area contributed by atoms with Gasteiger partial charge < -0.3 is 10.6 Å². The largest absolute Gasteiger partial charge is 0.399 e. The monoisotopic (exact) mass is 364 g/mol. The Morgan fingerprint density at radius 1 is 1.12 bits per heavy atom. The van der Waals surface area contributed by atoms with Crippen LogP contribution in [0.5, 0.6) is 0 Å². The summed E-state index contributed by atoms with van der Waals surface area (Å²) in [6, 6.07) is 9.64. The first kappa shape index (κ1) is 16.8. The summed E-state index contributed by atoms with van der Waals surface area (Å²) in [4.78, 5) is 13.9. The van der Waals surface area contributed by atoms with Gasteiger partial charge in [-0.2, -0.15) is 0 Å². The van der Waals surface area contributed by atoms with E-state index >= 15 is 0 Å². The van der Waals surface area contributed by atoms with Crippen molar-refractivity contribution in [3.8, 4) is 0 Å². The molecule has 0 spiro atoms. The van der Waals surface area contributed by atoms with Crippen LogP contribution in [0.1, 0.15) is 18.4 Å². The standard InChI is InChI=1S/C18H15Cl2FN2O/c19-14-8-13(22)9-15(20)18(14)23-10-11(5-6-17(23)24)7-12-3-1-2-4-16(12)21/h1-4,7-9H,5-6,10,22H2/b11-7+. The summed E-state index contributed by atoms with van der Waals surface area (Å²) in [7, 11) is 0. The molecule has 0 bridgehead atoms. The van der Waals surface area contributed by atoms with Crippen LogP contribution < -0.4 is 10.6 Å². The summed E-state index contributed by atoms with van der Waals surface area (Å²) in [6.45, 7) is 0.316. The van der Waals surface area contributed by atoms with E-state index in [0.29, 0.717) is 46.4 Å². The Labute approximate surface area is 149 Å². The van der Waals surface area contributed by atoms with Crippen molar-refractivity contribution in [2.45, 2.75) is 12.8 Å². The van der Waals surface area contributed by atoms with Gasteiger partial charge in [0.25, 0.3) is 0 Å². The molecule has 2 aromatic carbocycles. The van der Waals surface area contributed by atoms with E-state index in [0.717, 1.165) is 5.57 Å². The quantitative estimate of drug-likeness (QED) is 0.768. The minimum absolute atomic E-state index is 0.0748. The normalized spacial score (nSPS) is 16.7. The van der Waals surface area contributed by atoms with Gasteiger partial charge in [-0.05, 0) is 30.2 Å². The molecule has 1 fully saturated rings. The smallest absolute Gasteiger partial charge is 0.227 e. The van der Waals surface area contributed by atoms with Gasteiger partial charge in [0.2, 0.25) is 5.91 Å². The highest BCUT2D eigenvalue weighted by Crippen LogP contribution is 2.38. The molecule has 3 nitrogen and oxygen atoms in total. The number of carbonyl (C=O) groups is 1. The van der Waals surface area contributed by atoms with Crippen LogP contribution in [0.3, 0.4) is 0 Å². The van der Waals surface area contributed by atoms with Crippen molar-refractivity contribution in [2.24, 2.45) is 0 Å². The molecule has 0 aromatic heterocycles. The van der Waals surface area contributed by atoms with Gasteiger partial charge in [0.15, 0.2) is 0 Å². The molecule has 2 N–H and O–H groups in total. The first-order valence-corrected chi connectivity index (χ1v) is 8.20. The maximum Gasteiger partial charge on any atom is 0.227 e. The molecule has 2 aromatic rings. The molecule has 1 saturated heterocycles. The lowest BCUT2D eigenvalue weighted by molar-refractivity contribution is -0.119. The molecular formula is C18H15Cl2FN2O. The molecule has 6 heteroatoms. The highest BCUT2D eigenvalue weighted by molar-refractivity contribution is 6.40. The minimum atomic E-state index is -0.294. The molecule has 3 rings (SSSR count). The van der Waals surface area contributed by atoms with Crippen molar-refractivity contribution in [2.75, 3.05) is 17.2 Å². The lowest BCUT2D eigenvalue weighted by Gasteiger charge is -2.30. The van der Waals surface area contributed by atoms with Crippen LogP contribution >= 0.6 is 23.2 Å². The molecule has 0 radical (unpaired) electrons. The average Bonchev–Trinajstić information content (AvgIpc) is 2.51. The van der Waals surface area contributed by atoms with Crippen LogP contribution in [0, 0.1) is 5.82 Å². The number of carbonyl (C=O) groups excluding carboxylic acids is 1. The van der Waals surface area contributed by atoms with Gasteiger partial charge >= 0.3 is 0 Å². The third-order valence-electron chi connectivity index (χ3n) is 3.90. The van der Waals surface area contributed by atoms with Crippen LogP contribution in [0.4, 0.5) is 15.8 Å². The Balaban J connectivity index is 1.95. The molecule has 124 valence electrons. The zero-order valence-electron chi connectivity index (χ0n) is 12.7. The summed E-state index contributed by atoms with van der Waals surface area (Å²) in [5.74, 6) is -0.369. The average molecular weight is 365 g/mol. The van der Waals surface area contributed by atoms with Crippen molar-refractivity contribution in [3.63, 3.8) is 0 Å². The number of amides is 1. The number of piperidine rings is 1. The predicted molar refractivity (Wildman–Crippen MR) is 96.8 cm³/mol. The number of nitrogens with zero attached hydrogens (tertiary/aromatic N) is 1. The van der Waals surface area contributed by atoms with E-state index in [9.17, 15) is 9.18 Å². The van der Waals surface area contributed by atoms with Gasteiger partial charge in [-0.25, -0.2) is 4.39 Å². The fourth-order valence-corrected chi connectivity index (χ4v) is 3.46. The van der Waals surface area contributed by atoms with Gasteiger partial charge in [-0.3, -0.25) is 4.79 Å². The third kappa shape index (κ3) is 3.40. The maximum atomic E-state index is 13.8. The second-order valence-electron chi connectivity index (χ2n) is 5.64. The van der Waals surface area contributed by atoms with E-state index in [4.69, 9.17) is 28.9 Å². The van der Waals surface area contributed by atoms with Crippen LogP contribution in [0.25, 0.3) is 6.08 Å². The Kier molecular flexibility index (Phi) is 4.78. The fourth-order valence-electron chi connectivity index (χ4n) is 2.75. The van der Waals surface area contributed by atoms with E-state index < -0.39 is 0 Å². The molecular weight excluding hydrogens is 350 g/mol. The van der Waals surface area contributed by atoms with Crippen molar-refractivity contribution in [1.82, 2.24) is 0 Å². The van der Waals surface area contributed by atoms with E-state index in [-0.39, 0.29) is 11.7 Å². The number of halogens is 3. The molecule has 1 aliphatic rings. The molecule has 1 heterocycles. The Hall–Kier alpha value is -2.04. The highest BCUT2D eigenvalue weighted by atomic mass is 35.5. The number of nitrogen functional groups attached to an aromatic ring is 1. The van der Waals surface area contributed by atoms with E-state index in [1.807, 2.05) is 0 Å². The molecule has 24 heavy (non-hydrogen) atoms. The van der Waals surface area contributed by atoms with Crippen LogP contribution in [0.2, 0.25) is 10.0 Å². The summed E-state index contributed by atoms with van der Waals surface area (Å²) in [5, 5.41) is 0.640. The number of rotatable bonds is 2. The molecule has 0 saturated carbocycles. The summed E-state index contributed by atoms with van der Waals surface area (Å²) >= 11 is 12.5. The SMILES string of the molecule is Nc1cc(Cl)c(N2C/C(=C/c3ccccc3F)CCC2=O)c(Cl)c1. The number of nitrogens with two attached hydrogens (primary N) is 1. The second kappa shape index (κ2) is 6.83. The lowest BCUT2D eigenvalue weighted by atomic mass is 10.0. The summed E-state index contributed by atoms with van der Waals surface area (Å²) in [5.41, 5.74) is 8.02. The fraction of sp³-hybridized carbons (Fsp3) is 0.167. The molecule has 1 amide bonds. The predicted octanol–water partition coefficient (Wildman–Crippen LogP) is 4.93. The number of anilines is 2. The second-order valence-corrected chi connectivity index (χ2v) is 6.45. The van der Waals surface area contributed by atoms with Gasteiger partial charge in [-0.15, -0.1) is 0 Å². The van der Waals surface area contributed by atoms with Crippen LogP contribution in [0.15, 0.2) is 42.0 Å². The Bertz CT molecular complexity index is 813. The number of hydrogen-bond donors (Lipinski definition) is 1. The third-order valence-corrected chi connectivity index (χ3v) is 4.47. The van der Waals surface area contributed by atoms with Crippen molar-refractivity contribution < 1.29 is 9.18 Å².